The summed E-state index contributed by atoms with van der Waals surface area (Å²) in [7, 11) is 0. The molecule has 0 saturated carbocycles. The molecule has 0 atom stereocenters. The van der Waals surface area contributed by atoms with Crippen LogP contribution in [0.3, 0.4) is 0 Å². The molecule has 0 spiro atoms. The third kappa shape index (κ3) is 4.87. The lowest BCUT2D eigenvalue weighted by molar-refractivity contribution is 0.154. The molecule has 0 amide bonds. The topological polar surface area (TPSA) is 31.9 Å². The third-order valence-electron chi connectivity index (χ3n) is 6.57. The van der Waals surface area contributed by atoms with Crippen molar-refractivity contribution in [1.29, 1.82) is 0 Å². The van der Waals surface area contributed by atoms with Gasteiger partial charge in [-0.3, -0.25) is 4.98 Å². The van der Waals surface area contributed by atoms with Crippen molar-refractivity contribution in [1.82, 2.24) is 14.9 Å². The summed E-state index contributed by atoms with van der Waals surface area (Å²) < 4.78 is 0. The molecular weight excluding hydrogens is 378 g/mol. The molecule has 3 aromatic rings. The SMILES string of the molecule is Cc1cc(-c2[nH]c3ccc(C4CCN(CC(C)(C)C)CC4)cc3c2C(C)C)cc(C)n1. The first-order valence-electron chi connectivity index (χ1n) is 11.9. The predicted octanol–water partition coefficient (Wildman–Crippen LogP) is 7.20. The molecular formula is C28H39N3. The molecule has 1 aliphatic rings. The van der Waals surface area contributed by atoms with Crippen LogP contribution in [0, 0.1) is 19.3 Å². The van der Waals surface area contributed by atoms with Crippen LogP contribution in [0.25, 0.3) is 22.2 Å². The Morgan fingerprint density at radius 2 is 1.68 bits per heavy atom. The van der Waals surface area contributed by atoms with Crippen molar-refractivity contribution in [3.05, 3.63) is 52.8 Å². The van der Waals surface area contributed by atoms with Crippen molar-refractivity contribution in [2.75, 3.05) is 19.6 Å². The predicted molar refractivity (Wildman–Crippen MR) is 133 cm³/mol. The average Bonchev–Trinajstić information content (AvgIpc) is 3.05. The van der Waals surface area contributed by atoms with Crippen LogP contribution in [0.2, 0.25) is 0 Å². The minimum atomic E-state index is 0.378. The molecule has 166 valence electrons. The van der Waals surface area contributed by atoms with E-state index in [-0.39, 0.29) is 0 Å². The van der Waals surface area contributed by atoms with E-state index in [1.54, 1.807) is 0 Å². The number of nitrogens with zero attached hydrogens (tertiary/aromatic N) is 2. The number of piperidine rings is 1. The molecule has 1 fully saturated rings. The van der Waals surface area contributed by atoms with Crippen LogP contribution < -0.4 is 0 Å². The molecule has 1 aliphatic heterocycles. The molecule has 3 heteroatoms. The van der Waals surface area contributed by atoms with Crippen molar-refractivity contribution in [3.8, 4) is 11.3 Å². The number of nitrogens with one attached hydrogen (secondary N) is 1. The van der Waals surface area contributed by atoms with Crippen molar-refractivity contribution in [2.24, 2.45) is 5.41 Å². The molecule has 0 unspecified atom stereocenters. The van der Waals surface area contributed by atoms with Gasteiger partial charge in [0.2, 0.25) is 0 Å². The first kappa shape index (κ1) is 22.1. The van der Waals surface area contributed by atoms with E-state index in [4.69, 9.17) is 0 Å². The van der Waals surface area contributed by atoms with E-state index in [1.165, 1.54) is 65.8 Å². The van der Waals surface area contributed by atoms with Crippen LogP contribution in [0.1, 0.15) is 81.8 Å². The van der Waals surface area contributed by atoms with E-state index >= 15 is 0 Å². The minimum Gasteiger partial charge on any atom is -0.354 e. The molecule has 2 aromatic heterocycles. The van der Waals surface area contributed by atoms with E-state index in [0.29, 0.717) is 17.3 Å². The van der Waals surface area contributed by atoms with Gasteiger partial charge < -0.3 is 9.88 Å². The van der Waals surface area contributed by atoms with E-state index in [2.05, 4.69) is 93.7 Å². The molecule has 1 saturated heterocycles. The van der Waals surface area contributed by atoms with Crippen molar-refractivity contribution < 1.29 is 0 Å². The highest BCUT2D eigenvalue weighted by Gasteiger charge is 2.25. The zero-order chi connectivity index (χ0) is 22.3. The molecule has 31 heavy (non-hydrogen) atoms. The third-order valence-corrected chi connectivity index (χ3v) is 6.57. The smallest absolute Gasteiger partial charge is 0.0501 e. The lowest BCUT2D eigenvalue weighted by Crippen LogP contribution is -2.38. The van der Waals surface area contributed by atoms with E-state index < -0.39 is 0 Å². The standard InChI is InChI=1S/C28H39N3/c1-18(2)26-24-16-22(21-10-12-31(13-11-21)17-28(5,6)7)8-9-25(24)30-27(26)23-14-19(3)29-20(4)15-23/h8-9,14-16,18,21,30H,10-13,17H2,1-7H3. The van der Waals surface area contributed by atoms with Crippen molar-refractivity contribution in [3.63, 3.8) is 0 Å². The molecule has 0 radical (unpaired) electrons. The number of fused-ring (bicyclic) bond motifs is 1. The van der Waals surface area contributed by atoms with Gasteiger partial charge in [-0.15, -0.1) is 0 Å². The number of pyridine rings is 1. The summed E-state index contributed by atoms with van der Waals surface area (Å²) in [6.07, 6.45) is 2.53. The Labute approximate surface area is 188 Å². The summed E-state index contributed by atoms with van der Waals surface area (Å²) in [5, 5.41) is 1.40. The van der Waals surface area contributed by atoms with Crippen LogP contribution in [-0.4, -0.2) is 34.5 Å². The van der Waals surface area contributed by atoms with E-state index in [1.807, 2.05) is 0 Å². The van der Waals surface area contributed by atoms with Gasteiger partial charge >= 0.3 is 0 Å². The summed E-state index contributed by atoms with van der Waals surface area (Å²) >= 11 is 0. The summed E-state index contributed by atoms with van der Waals surface area (Å²) in [6.45, 7) is 19.4. The summed E-state index contributed by atoms with van der Waals surface area (Å²) in [5.74, 6) is 1.13. The Bertz CT molecular complexity index is 1040. The van der Waals surface area contributed by atoms with Gasteiger partial charge in [-0.1, -0.05) is 40.7 Å². The normalized spacial score (nSPS) is 16.5. The zero-order valence-electron chi connectivity index (χ0n) is 20.5. The quantitative estimate of drug-likeness (QED) is 0.487. The Morgan fingerprint density at radius 1 is 1.03 bits per heavy atom. The second-order valence-corrected chi connectivity index (χ2v) is 11.1. The Hall–Kier alpha value is -2.13. The lowest BCUT2D eigenvalue weighted by Gasteiger charge is -2.36. The van der Waals surface area contributed by atoms with Crippen LogP contribution in [0.4, 0.5) is 0 Å². The van der Waals surface area contributed by atoms with Crippen LogP contribution >= 0.6 is 0 Å². The number of hydrogen-bond donors (Lipinski definition) is 1. The van der Waals surface area contributed by atoms with Crippen molar-refractivity contribution >= 4 is 10.9 Å². The van der Waals surface area contributed by atoms with Gasteiger partial charge in [-0.05, 0) is 92.4 Å². The van der Waals surface area contributed by atoms with Gasteiger partial charge in [0.15, 0.2) is 0 Å². The molecule has 1 aromatic carbocycles. The molecule has 4 rings (SSSR count). The minimum absolute atomic E-state index is 0.378. The molecule has 0 aliphatic carbocycles. The van der Waals surface area contributed by atoms with Gasteiger partial charge in [0, 0.05) is 34.4 Å². The molecule has 0 bridgehead atoms. The molecule has 3 heterocycles. The second-order valence-electron chi connectivity index (χ2n) is 11.1. The highest BCUT2D eigenvalue weighted by atomic mass is 15.1. The Balaban J connectivity index is 1.66. The number of benzene rings is 1. The fraction of sp³-hybridized carbons (Fsp3) is 0.536. The van der Waals surface area contributed by atoms with E-state index in [0.717, 1.165) is 11.4 Å². The number of aromatic amines is 1. The number of aromatic nitrogens is 2. The zero-order valence-corrected chi connectivity index (χ0v) is 20.5. The molecule has 1 N–H and O–H groups in total. The van der Waals surface area contributed by atoms with Gasteiger partial charge in [0.05, 0.1) is 5.69 Å². The monoisotopic (exact) mass is 417 g/mol. The summed E-state index contributed by atoms with van der Waals surface area (Å²) in [4.78, 5) is 11.0. The van der Waals surface area contributed by atoms with Crippen LogP contribution in [0.5, 0.6) is 0 Å². The first-order chi connectivity index (χ1) is 14.6. The highest BCUT2D eigenvalue weighted by Crippen LogP contribution is 2.38. The fourth-order valence-electron chi connectivity index (χ4n) is 5.39. The summed E-state index contributed by atoms with van der Waals surface area (Å²) in [6, 6.07) is 11.6. The second kappa shape index (κ2) is 8.43. The van der Waals surface area contributed by atoms with Crippen molar-refractivity contribution in [2.45, 2.75) is 73.1 Å². The van der Waals surface area contributed by atoms with E-state index in [9.17, 15) is 0 Å². The van der Waals surface area contributed by atoms with Gasteiger partial charge in [-0.25, -0.2) is 0 Å². The number of rotatable bonds is 4. The van der Waals surface area contributed by atoms with Gasteiger partial charge in [0.1, 0.15) is 0 Å². The lowest BCUT2D eigenvalue weighted by atomic mass is 9.86. The highest BCUT2D eigenvalue weighted by molar-refractivity contribution is 5.92. The van der Waals surface area contributed by atoms with Gasteiger partial charge in [-0.2, -0.15) is 0 Å². The maximum absolute atomic E-state index is 4.57. The maximum atomic E-state index is 4.57. The fourth-order valence-corrected chi connectivity index (χ4v) is 5.39. The molecule has 3 nitrogen and oxygen atoms in total. The number of H-pyrrole nitrogens is 1. The Morgan fingerprint density at radius 3 is 2.26 bits per heavy atom. The average molecular weight is 418 g/mol. The summed E-state index contributed by atoms with van der Waals surface area (Å²) in [5.41, 5.74) is 9.24. The maximum Gasteiger partial charge on any atom is 0.0501 e. The Kier molecular flexibility index (Phi) is 6.00. The number of aryl methyl sites for hydroxylation is 2. The first-order valence-corrected chi connectivity index (χ1v) is 11.9. The number of likely N-dealkylation sites (tertiary alicyclic amines) is 1. The largest absolute Gasteiger partial charge is 0.354 e. The van der Waals surface area contributed by atoms with Crippen LogP contribution in [-0.2, 0) is 0 Å². The number of hydrogen-bond acceptors (Lipinski definition) is 2. The van der Waals surface area contributed by atoms with Gasteiger partial charge in [0.25, 0.3) is 0 Å². The van der Waals surface area contributed by atoms with Crippen LogP contribution in [0.15, 0.2) is 30.3 Å².